The SMILES string of the molecule is CC[C@H](C)[C@@H]1NC(=O)[C@@H](CCCN=C(N)NC(=O)Nc2cccc(Br)c2)NC(=O)[C@H](CC(C)C)NC(=O)[C@H]([C@H](O)C(C)C)NC(=O)[C@@H](NC(=O)[C@H](CC(C)C)NC(=O)[C@H](N)CC(C)C)[C@@H](c2ccccc2)OC(=O)[C@H](CO)NC(=O)[C@H]([C@H](O)C(N)=O)NC(=O)CNC(=O)[C@H]([C@H](C)O)NC1=O.O=C(O)C(F)(F)F. The molecule has 3 rings (SSSR count). The number of amides is 13. The summed E-state index contributed by atoms with van der Waals surface area (Å²) in [6.45, 7) is 15.1. The summed E-state index contributed by atoms with van der Waals surface area (Å²) in [4.78, 5) is 197. The van der Waals surface area contributed by atoms with Crippen LogP contribution < -0.4 is 81.0 Å². The van der Waals surface area contributed by atoms with Crippen LogP contribution in [-0.4, -0.2) is 219 Å². The van der Waals surface area contributed by atoms with Crippen LogP contribution in [0.4, 0.5) is 23.7 Å². The third-order valence-corrected chi connectivity index (χ3v) is 16.5. The van der Waals surface area contributed by atoms with Crippen molar-refractivity contribution in [3.63, 3.8) is 0 Å². The molecule has 0 bridgehead atoms. The molecule has 0 spiro atoms. The number of aliphatic hydroxyl groups is 4. The molecule has 0 saturated carbocycles. The molecule has 23 N–H and O–H groups in total. The van der Waals surface area contributed by atoms with Gasteiger partial charge in [-0.2, -0.15) is 13.2 Å². The third kappa shape index (κ3) is 32.5. The smallest absolute Gasteiger partial charge is 0.475 e. The van der Waals surface area contributed by atoms with E-state index in [0.717, 1.165) is 6.92 Å². The van der Waals surface area contributed by atoms with Crippen molar-refractivity contribution in [2.75, 3.05) is 25.0 Å². The van der Waals surface area contributed by atoms with E-state index >= 15 is 9.59 Å². The van der Waals surface area contributed by atoms with Crippen molar-refractivity contribution in [3.8, 4) is 0 Å². The maximum Gasteiger partial charge on any atom is 0.490 e. The second-order valence-electron chi connectivity index (χ2n) is 26.9. The van der Waals surface area contributed by atoms with Crippen LogP contribution in [0, 0.1) is 29.6 Å². The number of anilines is 1. The summed E-state index contributed by atoms with van der Waals surface area (Å²) >= 11 is 3.32. The molecule has 107 heavy (non-hydrogen) atoms. The zero-order valence-electron chi connectivity index (χ0n) is 61.1. The fourth-order valence-electron chi connectivity index (χ4n) is 10.1. The first-order chi connectivity index (χ1) is 49.8. The van der Waals surface area contributed by atoms with E-state index < -0.39 is 205 Å². The van der Waals surface area contributed by atoms with E-state index in [0.29, 0.717) is 10.2 Å². The highest BCUT2D eigenvalue weighted by Gasteiger charge is 2.44. The number of ether oxygens (including phenoxy) is 1. The van der Waals surface area contributed by atoms with Crippen LogP contribution >= 0.6 is 15.9 Å². The second kappa shape index (κ2) is 45.1. The average molecular weight is 1590 g/mol. The lowest BCUT2D eigenvalue weighted by Gasteiger charge is -2.34. The highest BCUT2D eigenvalue weighted by atomic mass is 79.9. The monoisotopic (exact) mass is 1590 g/mol. The highest BCUT2D eigenvalue weighted by Crippen LogP contribution is 2.25. The maximum absolute atomic E-state index is 15.5. The van der Waals surface area contributed by atoms with Gasteiger partial charge in [-0.25, -0.2) is 14.4 Å². The first-order valence-corrected chi connectivity index (χ1v) is 35.0. The van der Waals surface area contributed by atoms with Gasteiger partial charge in [0.15, 0.2) is 24.2 Å². The Balaban J connectivity index is 0.00000527. The van der Waals surface area contributed by atoms with E-state index in [-0.39, 0.29) is 68.4 Å². The minimum Gasteiger partial charge on any atom is -0.475 e. The van der Waals surface area contributed by atoms with Gasteiger partial charge in [0.05, 0.1) is 31.4 Å². The number of guanidine groups is 1. The number of carbonyl (C=O) groups excluding carboxylic acids is 13. The van der Waals surface area contributed by atoms with Crippen molar-refractivity contribution in [2.24, 2.45) is 51.8 Å². The first kappa shape index (κ1) is 93.4. The maximum atomic E-state index is 15.5. The summed E-state index contributed by atoms with van der Waals surface area (Å²) in [5.74, 6) is -20.4. The Bertz CT molecular complexity index is 3410. The topological polar surface area (TPSA) is 584 Å². The molecule has 598 valence electrons. The van der Waals surface area contributed by atoms with Crippen LogP contribution in [0.3, 0.4) is 0 Å². The van der Waals surface area contributed by atoms with Crippen molar-refractivity contribution in [2.45, 2.75) is 206 Å². The summed E-state index contributed by atoms with van der Waals surface area (Å²) in [5, 5.41) is 80.5. The number of aliphatic carboxylic acids is 1. The lowest BCUT2D eigenvalue weighted by molar-refractivity contribution is -0.192. The number of esters is 1. The number of cyclic esters (lactones) is 1. The number of nitrogens with two attached hydrogens (primary N) is 3. The first-order valence-electron chi connectivity index (χ1n) is 34.2. The average Bonchev–Trinajstić information content (AvgIpc) is 0.809. The van der Waals surface area contributed by atoms with Gasteiger partial charge in [0.1, 0.15) is 48.3 Å². The molecule has 1 heterocycles. The number of nitrogens with one attached hydrogen (secondary N) is 12. The van der Waals surface area contributed by atoms with Crippen molar-refractivity contribution in [1.82, 2.24) is 58.5 Å². The van der Waals surface area contributed by atoms with Gasteiger partial charge < -0.3 is 106 Å². The molecule has 0 unspecified atom stereocenters. The van der Waals surface area contributed by atoms with Gasteiger partial charge in [-0.3, -0.25) is 63.0 Å². The van der Waals surface area contributed by atoms with E-state index in [9.17, 15) is 86.3 Å². The Morgan fingerprint density at radius 3 is 1.76 bits per heavy atom. The highest BCUT2D eigenvalue weighted by molar-refractivity contribution is 9.10. The Kier molecular flexibility index (Phi) is 39.4. The minimum absolute atomic E-state index is 0.0667. The molecule has 1 aliphatic rings. The van der Waals surface area contributed by atoms with Crippen LogP contribution in [0.1, 0.15) is 126 Å². The number of hydrogen-bond acceptors (Lipinski definition) is 21. The molecule has 36 nitrogen and oxygen atoms in total. The molecule has 2 aromatic rings. The molecule has 1 fully saturated rings. The number of halogens is 4. The molecule has 1 saturated heterocycles. The molecule has 2 aromatic carbocycles. The Morgan fingerprint density at radius 2 is 1.22 bits per heavy atom. The number of primary amides is 1. The van der Waals surface area contributed by atoms with E-state index in [4.69, 9.17) is 31.8 Å². The second-order valence-corrected chi connectivity index (χ2v) is 27.8. The Hall–Kier alpha value is -9.64. The van der Waals surface area contributed by atoms with E-state index in [1.54, 1.807) is 65.8 Å². The lowest BCUT2D eigenvalue weighted by Crippen LogP contribution is -2.64. The number of nitrogens with zero attached hydrogens (tertiary/aromatic N) is 1. The summed E-state index contributed by atoms with van der Waals surface area (Å²) in [6.07, 6.45) is -13.5. The minimum atomic E-state index is -5.08. The van der Waals surface area contributed by atoms with Gasteiger partial charge in [-0.1, -0.05) is 128 Å². The summed E-state index contributed by atoms with van der Waals surface area (Å²) in [7, 11) is 0. The third-order valence-electron chi connectivity index (χ3n) is 16.0. The number of urea groups is 1. The van der Waals surface area contributed by atoms with Crippen LogP contribution in [-0.2, 0) is 67.1 Å². The van der Waals surface area contributed by atoms with Crippen LogP contribution in [0.2, 0.25) is 0 Å². The normalized spacial score (nSPS) is 22.7. The number of carbonyl (C=O) groups is 14. The molecule has 40 heteroatoms. The molecular weight excluding hydrogens is 1490 g/mol. The van der Waals surface area contributed by atoms with Crippen molar-refractivity contribution < 1.29 is 111 Å². The largest absolute Gasteiger partial charge is 0.490 e. The predicted octanol–water partition coefficient (Wildman–Crippen LogP) is -2.18. The number of alkyl halides is 3. The van der Waals surface area contributed by atoms with E-state index in [2.05, 4.69) is 74.1 Å². The molecule has 0 aliphatic carbocycles. The van der Waals surface area contributed by atoms with Gasteiger partial charge in [0, 0.05) is 16.7 Å². The number of aliphatic imine (C=N–C) groups is 1. The quantitative estimate of drug-likeness (QED) is 0.0230. The molecule has 1 aliphatic heterocycles. The molecule has 0 radical (unpaired) electrons. The summed E-state index contributed by atoms with van der Waals surface area (Å²) < 4.78 is 38.4. The molecular formula is C67H102BrF3N16O20. The number of carboxylic acid groups (broad SMARTS) is 1. The Labute approximate surface area is 624 Å². The van der Waals surface area contributed by atoms with Gasteiger partial charge in [-0.15, -0.1) is 0 Å². The van der Waals surface area contributed by atoms with Crippen molar-refractivity contribution in [3.05, 3.63) is 64.6 Å². The number of benzene rings is 2. The van der Waals surface area contributed by atoms with E-state index in [1.165, 1.54) is 44.2 Å². The Morgan fingerprint density at radius 1 is 0.673 bits per heavy atom. The fraction of sp³-hybridized carbons (Fsp3) is 0.597. The number of rotatable bonds is 24. The van der Waals surface area contributed by atoms with Crippen LogP contribution in [0.25, 0.3) is 0 Å². The van der Waals surface area contributed by atoms with Gasteiger partial charge >= 0.3 is 24.1 Å². The molecule has 15 atom stereocenters. The fourth-order valence-corrected chi connectivity index (χ4v) is 10.5. The van der Waals surface area contributed by atoms with Crippen LogP contribution in [0.15, 0.2) is 64.1 Å². The standard InChI is InChI=1S/C65H101BrN16O18.C2HF3O2/c1-12-34(10)45-59(94)79-46(35(11)84)58(93)71-28-44(85)77-48(51(87)53(68)88)61(96)76-43(29-83)63(98)100-52(36-18-14-13-15-19-36)49(81-57(92)42(26-32(6)7)74-54(89)39(67)24-30(2)3)62(97)80-47(50(86)33(8)9)60(95)75-41(25-31(4)5)56(91)73-40(55(90)78-45)22-17-23-70-64(69)82-65(99)72-38-21-16-20-37(66)27-38;3-2(4,5)1(6)7/h13-16,18-21,27,30-35,39-43,45-52,83-84,86-87H,12,17,22-26,28-29,67H2,1-11H3,(H2,68,88)(H,71,93)(H,73,91)(H,74,89)(H,75,95)(H,76,96)(H,77,85)(H,78,90)(H,79,94)(H,80,97)(H,81,92)(H4,69,70,72,82,99);(H,6,7)/t34-,35-,39+,40+,41-,42-,43-,45-,46-,47-,48-,49-,50+,51-,52+;/m0./s1. The zero-order chi connectivity index (χ0) is 81.5. The predicted molar refractivity (Wildman–Crippen MR) is 382 cm³/mol. The van der Waals surface area contributed by atoms with Crippen molar-refractivity contribution >= 4 is 111 Å². The molecule has 0 aromatic heterocycles. The number of hydrogen-bond donors (Lipinski definition) is 20. The van der Waals surface area contributed by atoms with Gasteiger partial charge in [-0.05, 0) is 92.4 Å². The summed E-state index contributed by atoms with van der Waals surface area (Å²) in [6, 6.07) is -5.24. The van der Waals surface area contributed by atoms with Gasteiger partial charge in [0.2, 0.25) is 65.0 Å². The lowest BCUT2D eigenvalue weighted by atomic mass is 9.95. The summed E-state index contributed by atoms with van der Waals surface area (Å²) in [5.41, 5.74) is 18.0. The molecule has 13 amide bonds. The van der Waals surface area contributed by atoms with Crippen molar-refractivity contribution in [1.29, 1.82) is 0 Å². The number of carboxylic acids is 1. The zero-order valence-corrected chi connectivity index (χ0v) is 62.7. The van der Waals surface area contributed by atoms with Crippen LogP contribution in [0.5, 0.6) is 0 Å². The van der Waals surface area contributed by atoms with E-state index in [1.807, 2.05) is 24.5 Å². The van der Waals surface area contributed by atoms with Gasteiger partial charge in [0.25, 0.3) is 0 Å². The number of aliphatic hydroxyl groups excluding tert-OH is 4.